The summed E-state index contributed by atoms with van der Waals surface area (Å²) in [6.07, 6.45) is 3.84. The average molecular weight is 328 g/mol. The van der Waals surface area contributed by atoms with Gasteiger partial charge >= 0.3 is 0 Å². The second-order valence-corrected chi connectivity index (χ2v) is 5.18. The number of hydrogen-bond donors (Lipinski definition) is 0. The molecule has 0 spiro atoms. The Morgan fingerprint density at radius 2 is 2.28 bits per heavy atom. The maximum Gasteiger partial charge on any atom is 0.171 e. The lowest BCUT2D eigenvalue weighted by Gasteiger charge is -2.06. The second kappa shape index (κ2) is 5.67. The maximum absolute atomic E-state index is 12.2. The molecule has 0 atom stereocenters. The Morgan fingerprint density at radius 1 is 1.50 bits per heavy atom. The molecule has 2 aromatic rings. The molecule has 0 unspecified atom stereocenters. The molecule has 0 aliphatic carbocycles. The molecule has 0 aliphatic heterocycles. The topological polar surface area (TPSA) is 34.9 Å². The largest absolute Gasteiger partial charge is 0.335 e. The van der Waals surface area contributed by atoms with Crippen LogP contribution in [0.5, 0.6) is 0 Å². The molecule has 0 aliphatic rings. The Bertz CT molecular complexity index is 580. The van der Waals surface area contributed by atoms with Crippen molar-refractivity contribution < 1.29 is 4.79 Å². The fourth-order valence-electron chi connectivity index (χ4n) is 1.75. The van der Waals surface area contributed by atoms with Crippen molar-refractivity contribution in [3.63, 3.8) is 0 Å². The zero-order valence-corrected chi connectivity index (χ0v) is 12.2. The summed E-state index contributed by atoms with van der Waals surface area (Å²) in [7, 11) is 0. The zero-order chi connectivity index (χ0) is 13.1. The number of aryl methyl sites for hydroxylation is 1. The third kappa shape index (κ3) is 2.82. The van der Waals surface area contributed by atoms with E-state index in [1.165, 1.54) is 0 Å². The van der Waals surface area contributed by atoms with E-state index in [9.17, 15) is 4.79 Å². The molecular weight excluding hydrogens is 316 g/mol. The van der Waals surface area contributed by atoms with E-state index in [2.05, 4.69) is 20.9 Å². The molecule has 0 N–H and O–H groups in total. The molecule has 0 saturated carbocycles. The molecule has 3 nitrogen and oxygen atoms in total. The van der Waals surface area contributed by atoms with Crippen molar-refractivity contribution >= 4 is 33.3 Å². The summed E-state index contributed by atoms with van der Waals surface area (Å²) in [4.78, 5) is 16.3. The Hall–Kier alpha value is -1.13. The van der Waals surface area contributed by atoms with Crippen LogP contribution in [-0.4, -0.2) is 15.3 Å². The van der Waals surface area contributed by atoms with Crippen LogP contribution in [-0.2, 0) is 13.0 Å². The van der Waals surface area contributed by atoms with Crippen molar-refractivity contribution in [2.45, 2.75) is 19.9 Å². The third-order valence-electron chi connectivity index (χ3n) is 2.69. The number of hydrogen-bond acceptors (Lipinski definition) is 2. The number of nitrogens with zero attached hydrogens (tertiary/aromatic N) is 2. The highest BCUT2D eigenvalue weighted by atomic mass is 79.9. The molecule has 2 rings (SSSR count). The first-order chi connectivity index (χ1) is 8.61. The lowest BCUT2D eigenvalue weighted by atomic mass is 10.1. The molecule has 0 saturated heterocycles. The predicted molar refractivity (Wildman–Crippen MR) is 75.1 cm³/mol. The van der Waals surface area contributed by atoms with Gasteiger partial charge in [-0.05, 0) is 25.1 Å². The van der Waals surface area contributed by atoms with Gasteiger partial charge in [-0.3, -0.25) is 4.79 Å². The summed E-state index contributed by atoms with van der Waals surface area (Å²) in [6.45, 7) is 2.82. The maximum atomic E-state index is 12.2. The number of benzene rings is 1. The van der Waals surface area contributed by atoms with Crippen molar-refractivity contribution in [3.8, 4) is 0 Å². The quantitative estimate of drug-likeness (QED) is 0.802. The molecule has 1 aromatic carbocycles. The third-order valence-corrected chi connectivity index (χ3v) is 3.50. The summed E-state index contributed by atoms with van der Waals surface area (Å²) < 4.78 is 2.81. The molecule has 1 aromatic heterocycles. The number of aromatic nitrogens is 2. The van der Waals surface area contributed by atoms with Crippen LogP contribution in [0.25, 0.3) is 0 Å². The van der Waals surface area contributed by atoms with Crippen molar-refractivity contribution in [3.05, 3.63) is 51.5 Å². The smallest absolute Gasteiger partial charge is 0.171 e. The van der Waals surface area contributed by atoms with Crippen LogP contribution in [0.15, 0.2) is 35.1 Å². The van der Waals surface area contributed by atoms with E-state index in [4.69, 9.17) is 11.6 Å². The van der Waals surface area contributed by atoms with E-state index in [0.717, 1.165) is 16.8 Å². The van der Waals surface area contributed by atoms with Gasteiger partial charge in [-0.2, -0.15) is 0 Å². The van der Waals surface area contributed by atoms with Crippen LogP contribution in [0.2, 0.25) is 5.02 Å². The van der Waals surface area contributed by atoms with Gasteiger partial charge in [-0.25, -0.2) is 4.98 Å². The number of carbonyl (C=O) groups excluding carboxylic acids is 1. The van der Waals surface area contributed by atoms with Gasteiger partial charge in [0.25, 0.3) is 0 Å². The Labute approximate surface area is 119 Å². The highest BCUT2D eigenvalue weighted by Crippen LogP contribution is 2.22. The SMILES string of the molecule is CCn1ccnc1CC(=O)c1ccc(Br)cc1Cl. The van der Waals surface area contributed by atoms with E-state index in [0.29, 0.717) is 10.6 Å². The summed E-state index contributed by atoms with van der Waals surface area (Å²) in [6, 6.07) is 5.26. The van der Waals surface area contributed by atoms with Crippen LogP contribution in [0.3, 0.4) is 0 Å². The molecule has 18 heavy (non-hydrogen) atoms. The van der Waals surface area contributed by atoms with Crippen LogP contribution >= 0.6 is 27.5 Å². The number of rotatable bonds is 4. The minimum Gasteiger partial charge on any atom is -0.335 e. The average Bonchev–Trinajstić information content (AvgIpc) is 2.76. The number of carbonyl (C=O) groups is 1. The van der Waals surface area contributed by atoms with Crippen molar-refractivity contribution in [2.75, 3.05) is 0 Å². The lowest BCUT2D eigenvalue weighted by molar-refractivity contribution is 0.0990. The van der Waals surface area contributed by atoms with Crippen molar-refractivity contribution in [2.24, 2.45) is 0 Å². The van der Waals surface area contributed by atoms with Gasteiger partial charge in [0.2, 0.25) is 0 Å². The van der Waals surface area contributed by atoms with Gasteiger partial charge in [0, 0.05) is 29.0 Å². The zero-order valence-electron chi connectivity index (χ0n) is 9.86. The Balaban J connectivity index is 2.22. The Kier molecular flexibility index (Phi) is 4.19. The van der Waals surface area contributed by atoms with Crippen molar-refractivity contribution in [1.29, 1.82) is 0 Å². The second-order valence-electron chi connectivity index (χ2n) is 3.85. The van der Waals surface area contributed by atoms with E-state index in [1.54, 1.807) is 18.3 Å². The van der Waals surface area contributed by atoms with Gasteiger partial charge in [0.15, 0.2) is 5.78 Å². The minimum atomic E-state index is -0.0200. The van der Waals surface area contributed by atoms with Crippen LogP contribution in [0, 0.1) is 0 Å². The Morgan fingerprint density at radius 3 is 2.94 bits per heavy atom. The molecule has 5 heteroatoms. The van der Waals surface area contributed by atoms with Gasteiger partial charge in [0.05, 0.1) is 11.4 Å². The number of Topliss-reactive ketones (excluding diaryl/α,β-unsaturated/α-hetero) is 1. The standard InChI is InChI=1S/C13H12BrClN2O/c1-2-17-6-5-16-13(17)8-12(18)10-4-3-9(14)7-11(10)15/h3-7H,2,8H2,1H3. The molecule has 0 amide bonds. The van der Waals surface area contributed by atoms with Gasteiger partial charge in [-0.1, -0.05) is 27.5 Å². The molecule has 0 fully saturated rings. The molecule has 1 heterocycles. The summed E-state index contributed by atoms with van der Waals surface area (Å²) in [5.41, 5.74) is 0.533. The minimum absolute atomic E-state index is 0.0200. The highest BCUT2D eigenvalue weighted by Gasteiger charge is 2.14. The lowest BCUT2D eigenvalue weighted by Crippen LogP contribution is -2.10. The van der Waals surface area contributed by atoms with Crippen molar-refractivity contribution in [1.82, 2.24) is 9.55 Å². The summed E-state index contributed by atoms with van der Waals surface area (Å²) in [5.74, 6) is 0.745. The highest BCUT2D eigenvalue weighted by molar-refractivity contribution is 9.10. The van der Waals surface area contributed by atoms with E-state index >= 15 is 0 Å². The van der Waals surface area contributed by atoms with Crippen LogP contribution in [0.4, 0.5) is 0 Å². The van der Waals surface area contributed by atoms with Crippen LogP contribution in [0.1, 0.15) is 23.1 Å². The van der Waals surface area contributed by atoms with Gasteiger partial charge < -0.3 is 4.57 Å². The first-order valence-electron chi connectivity index (χ1n) is 5.60. The normalized spacial score (nSPS) is 10.6. The number of imidazole rings is 1. The van der Waals surface area contributed by atoms with Gasteiger partial charge in [0.1, 0.15) is 5.82 Å². The molecule has 94 valence electrons. The number of ketones is 1. The van der Waals surface area contributed by atoms with E-state index in [-0.39, 0.29) is 12.2 Å². The first-order valence-corrected chi connectivity index (χ1v) is 6.77. The predicted octanol–water partition coefficient (Wildman–Crippen LogP) is 3.74. The first kappa shape index (κ1) is 13.3. The monoisotopic (exact) mass is 326 g/mol. The molecular formula is C13H12BrClN2O. The summed E-state index contributed by atoms with van der Waals surface area (Å²) >= 11 is 9.38. The fraction of sp³-hybridized carbons (Fsp3) is 0.231. The molecule has 0 bridgehead atoms. The fourth-order valence-corrected chi connectivity index (χ4v) is 2.53. The molecule has 0 radical (unpaired) electrons. The number of halogens is 2. The van der Waals surface area contributed by atoms with E-state index < -0.39 is 0 Å². The van der Waals surface area contributed by atoms with E-state index in [1.807, 2.05) is 23.8 Å². The van der Waals surface area contributed by atoms with Crippen LogP contribution < -0.4 is 0 Å². The summed E-state index contributed by atoms with van der Waals surface area (Å²) in [5, 5.41) is 0.462. The van der Waals surface area contributed by atoms with Gasteiger partial charge in [-0.15, -0.1) is 0 Å².